The van der Waals surface area contributed by atoms with Gasteiger partial charge < -0.3 is 9.72 Å². The van der Waals surface area contributed by atoms with Crippen LogP contribution in [0, 0.1) is 0 Å². The van der Waals surface area contributed by atoms with Crippen LogP contribution in [0.25, 0.3) is 22.0 Å². The van der Waals surface area contributed by atoms with Gasteiger partial charge in [0.1, 0.15) is 12.2 Å². The number of nitrogens with one attached hydrogen (secondary N) is 1. The molecule has 5 heteroatoms. The third-order valence-electron chi connectivity index (χ3n) is 3.45. The molecule has 0 amide bonds. The Labute approximate surface area is 132 Å². The summed E-state index contributed by atoms with van der Waals surface area (Å²) in [7, 11) is 0. The molecular weight excluding hydrogens is 292 g/mol. The van der Waals surface area contributed by atoms with Crippen molar-refractivity contribution in [3.8, 4) is 11.1 Å². The summed E-state index contributed by atoms with van der Waals surface area (Å²) in [6.07, 6.45) is 6.25. The van der Waals surface area contributed by atoms with Crippen molar-refractivity contribution in [1.29, 1.82) is 0 Å². The molecule has 5 nitrogen and oxygen atoms in total. The van der Waals surface area contributed by atoms with Crippen molar-refractivity contribution in [3.63, 3.8) is 0 Å². The lowest BCUT2D eigenvalue weighted by atomic mass is 10.0. The van der Waals surface area contributed by atoms with Crippen LogP contribution in [0.2, 0.25) is 0 Å². The summed E-state index contributed by atoms with van der Waals surface area (Å²) in [5, 5.41) is 0.441. The molecule has 0 atom stereocenters. The Bertz CT molecular complexity index is 930. The van der Waals surface area contributed by atoms with Crippen LogP contribution in [0.1, 0.15) is 10.4 Å². The molecule has 1 N–H and O–H groups in total. The van der Waals surface area contributed by atoms with Gasteiger partial charge in [-0.15, -0.1) is 0 Å². The molecule has 0 aliphatic rings. The minimum absolute atomic E-state index is 0.0176. The van der Waals surface area contributed by atoms with Crippen LogP contribution in [-0.4, -0.2) is 22.5 Å². The van der Waals surface area contributed by atoms with Crippen molar-refractivity contribution < 1.29 is 9.53 Å². The highest BCUT2D eigenvalue weighted by Crippen LogP contribution is 2.21. The first-order valence-electron chi connectivity index (χ1n) is 7.04. The summed E-state index contributed by atoms with van der Waals surface area (Å²) in [5.74, 6) is -0.661. The SMILES string of the molecule is C=CCOC(=O)c1c[nH]c2cc(-c3ccncc3)ccc2c1=O. The second kappa shape index (κ2) is 6.27. The number of benzene rings is 1. The van der Waals surface area contributed by atoms with Crippen LogP contribution >= 0.6 is 0 Å². The third kappa shape index (κ3) is 2.89. The van der Waals surface area contributed by atoms with E-state index in [1.165, 1.54) is 12.3 Å². The van der Waals surface area contributed by atoms with Crippen molar-refractivity contribution >= 4 is 16.9 Å². The van der Waals surface area contributed by atoms with Gasteiger partial charge in [-0.3, -0.25) is 9.78 Å². The number of esters is 1. The first-order valence-corrected chi connectivity index (χ1v) is 7.04. The lowest BCUT2D eigenvalue weighted by Crippen LogP contribution is -2.18. The number of carbonyl (C=O) groups excluding carboxylic acids is 1. The van der Waals surface area contributed by atoms with Gasteiger partial charge in [-0.2, -0.15) is 0 Å². The zero-order valence-corrected chi connectivity index (χ0v) is 12.3. The van der Waals surface area contributed by atoms with Gasteiger partial charge in [0.25, 0.3) is 0 Å². The third-order valence-corrected chi connectivity index (χ3v) is 3.45. The van der Waals surface area contributed by atoms with Crippen LogP contribution < -0.4 is 5.43 Å². The van der Waals surface area contributed by atoms with Gasteiger partial charge in [0, 0.05) is 29.5 Å². The minimum atomic E-state index is -0.661. The zero-order chi connectivity index (χ0) is 16.2. The Kier molecular flexibility index (Phi) is 4.01. The maximum absolute atomic E-state index is 12.4. The molecule has 0 spiro atoms. The molecule has 0 unspecified atom stereocenters. The number of rotatable bonds is 4. The van der Waals surface area contributed by atoms with E-state index >= 15 is 0 Å². The topological polar surface area (TPSA) is 72.1 Å². The molecule has 0 saturated carbocycles. The van der Waals surface area contributed by atoms with Crippen LogP contribution in [0.15, 0.2) is 66.4 Å². The van der Waals surface area contributed by atoms with Crippen LogP contribution in [-0.2, 0) is 4.74 Å². The fraction of sp³-hybridized carbons (Fsp3) is 0.0556. The second-order valence-corrected chi connectivity index (χ2v) is 4.91. The highest BCUT2D eigenvalue weighted by Gasteiger charge is 2.14. The summed E-state index contributed by atoms with van der Waals surface area (Å²) in [4.78, 5) is 31.3. The Morgan fingerprint density at radius 3 is 2.74 bits per heavy atom. The highest BCUT2D eigenvalue weighted by atomic mass is 16.5. The first kappa shape index (κ1) is 14.7. The van der Waals surface area contributed by atoms with Crippen molar-refractivity contribution in [2.24, 2.45) is 0 Å². The van der Waals surface area contributed by atoms with E-state index < -0.39 is 5.97 Å². The van der Waals surface area contributed by atoms with Gasteiger partial charge in [0.05, 0.1) is 0 Å². The molecule has 0 bridgehead atoms. The number of hydrogen-bond acceptors (Lipinski definition) is 4. The largest absolute Gasteiger partial charge is 0.458 e. The van der Waals surface area contributed by atoms with E-state index in [0.717, 1.165) is 11.1 Å². The van der Waals surface area contributed by atoms with Gasteiger partial charge >= 0.3 is 5.97 Å². The quantitative estimate of drug-likeness (QED) is 0.594. The molecule has 0 saturated heterocycles. The molecule has 0 fully saturated rings. The van der Waals surface area contributed by atoms with Crippen LogP contribution in [0.4, 0.5) is 0 Å². The van der Waals surface area contributed by atoms with Crippen molar-refractivity contribution in [2.75, 3.05) is 6.61 Å². The molecular formula is C18H14N2O3. The molecule has 0 aliphatic heterocycles. The maximum Gasteiger partial charge on any atom is 0.343 e. The Morgan fingerprint density at radius 2 is 2.00 bits per heavy atom. The molecule has 2 aromatic heterocycles. The molecule has 23 heavy (non-hydrogen) atoms. The van der Waals surface area contributed by atoms with E-state index in [9.17, 15) is 9.59 Å². The van der Waals surface area contributed by atoms with Gasteiger partial charge in [-0.25, -0.2) is 4.79 Å². The number of hydrogen-bond donors (Lipinski definition) is 1. The predicted octanol–water partition coefficient (Wildman–Crippen LogP) is 2.93. The smallest absolute Gasteiger partial charge is 0.343 e. The number of fused-ring (bicyclic) bond motifs is 1. The van der Waals surface area contributed by atoms with Crippen molar-refractivity contribution in [2.45, 2.75) is 0 Å². The molecule has 2 heterocycles. The van der Waals surface area contributed by atoms with Gasteiger partial charge in [0.2, 0.25) is 5.43 Å². The molecule has 3 rings (SSSR count). The van der Waals surface area contributed by atoms with E-state index in [1.807, 2.05) is 24.3 Å². The Morgan fingerprint density at radius 1 is 1.22 bits per heavy atom. The number of H-pyrrole nitrogens is 1. The number of carbonyl (C=O) groups is 1. The first-order chi connectivity index (χ1) is 11.2. The van der Waals surface area contributed by atoms with E-state index in [0.29, 0.717) is 10.9 Å². The molecule has 0 radical (unpaired) electrons. The highest BCUT2D eigenvalue weighted by molar-refractivity contribution is 5.94. The van der Waals surface area contributed by atoms with E-state index in [2.05, 4.69) is 16.5 Å². The van der Waals surface area contributed by atoms with E-state index in [4.69, 9.17) is 4.74 Å². The van der Waals surface area contributed by atoms with Gasteiger partial charge in [-0.05, 0) is 35.4 Å². The second-order valence-electron chi connectivity index (χ2n) is 4.91. The maximum atomic E-state index is 12.4. The normalized spacial score (nSPS) is 10.4. The number of ether oxygens (including phenoxy) is 1. The molecule has 3 aromatic rings. The number of aromatic nitrogens is 2. The number of pyridine rings is 2. The van der Waals surface area contributed by atoms with Crippen molar-refractivity contribution in [3.05, 3.63) is 77.4 Å². The predicted molar refractivity (Wildman–Crippen MR) is 88.3 cm³/mol. The average molecular weight is 306 g/mol. The van der Waals surface area contributed by atoms with Gasteiger partial charge in [0.15, 0.2) is 0 Å². The Balaban J connectivity index is 2.05. The number of aromatic amines is 1. The van der Waals surface area contributed by atoms with E-state index in [-0.39, 0.29) is 17.6 Å². The fourth-order valence-electron chi connectivity index (χ4n) is 2.31. The lowest BCUT2D eigenvalue weighted by Gasteiger charge is -2.06. The Hall–Kier alpha value is -3.21. The summed E-state index contributed by atoms with van der Waals surface area (Å²) >= 11 is 0. The average Bonchev–Trinajstić information content (AvgIpc) is 2.60. The standard InChI is InChI=1S/C18H14N2O3/c1-2-9-23-18(22)15-11-20-16-10-13(3-4-14(16)17(15)21)12-5-7-19-8-6-12/h2-8,10-11H,1,9H2,(H,20,21). The summed E-state index contributed by atoms with van der Waals surface area (Å²) in [6, 6.07) is 9.19. The van der Waals surface area contributed by atoms with Crippen LogP contribution in [0.5, 0.6) is 0 Å². The zero-order valence-electron chi connectivity index (χ0n) is 12.3. The monoisotopic (exact) mass is 306 g/mol. The molecule has 0 aliphatic carbocycles. The number of nitrogens with zero attached hydrogens (tertiary/aromatic N) is 1. The van der Waals surface area contributed by atoms with Gasteiger partial charge in [-0.1, -0.05) is 18.7 Å². The fourth-order valence-corrected chi connectivity index (χ4v) is 2.31. The summed E-state index contributed by atoms with van der Waals surface area (Å²) < 4.78 is 4.92. The molecule has 1 aromatic carbocycles. The summed E-state index contributed by atoms with van der Waals surface area (Å²) in [5.41, 5.74) is 2.24. The summed E-state index contributed by atoms with van der Waals surface area (Å²) in [6.45, 7) is 3.54. The molecule has 114 valence electrons. The minimum Gasteiger partial charge on any atom is -0.458 e. The van der Waals surface area contributed by atoms with E-state index in [1.54, 1.807) is 18.5 Å². The van der Waals surface area contributed by atoms with Crippen LogP contribution in [0.3, 0.4) is 0 Å². The van der Waals surface area contributed by atoms with Crippen molar-refractivity contribution in [1.82, 2.24) is 9.97 Å². The lowest BCUT2D eigenvalue weighted by molar-refractivity contribution is 0.0548.